The number of likely N-dealkylation sites (tertiary alicyclic amines) is 1. The first-order chi connectivity index (χ1) is 22.6. The molecule has 11 heteroatoms. The predicted molar refractivity (Wildman–Crippen MR) is 186 cm³/mol. The van der Waals surface area contributed by atoms with E-state index in [4.69, 9.17) is 9.47 Å². The normalized spacial score (nSPS) is 38.7. The molecule has 0 aromatic heterocycles. The van der Waals surface area contributed by atoms with Crippen molar-refractivity contribution in [1.29, 1.82) is 0 Å². The molecule has 2 bridgehead atoms. The maximum atomic E-state index is 13.9. The average molecular weight is 690 g/mol. The molecule has 1 aliphatic heterocycles. The number of carbonyl (C=O) groups is 4. The summed E-state index contributed by atoms with van der Waals surface area (Å²) in [4.78, 5) is 57.2. The van der Waals surface area contributed by atoms with Gasteiger partial charge in [0.2, 0.25) is 5.91 Å². The van der Waals surface area contributed by atoms with E-state index in [0.29, 0.717) is 25.8 Å². The number of hydrogen-bond acceptors (Lipinski definition) is 9. The second kappa shape index (κ2) is 14.3. The van der Waals surface area contributed by atoms with E-state index in [0.717, 1.165) is 19.3 Å². The summed E-state index contributed by atoms with van der Waals surface area (Å²) in [6, 6.07) is -1.37. The van der Waals surface area contributed by atoms with Crippen molar-refractivity contribution in [2.75, 3.05) is 26.7 Å². The number of ketones is 1. The molecule has 11 nitrogen and oxygen atoms in total. The first-order valence-corrected chi connectivity index (χ1v) is 18.3. The van der Waals surface area contributed by atoms with Gasteiger partial charge < -0.3 is 29.9 Å². The van der Waals surface area contributed by atoms with Crippen LogP contribution in [0.4, 0.5) is 4.79 Å². The lowest BCUT2D eigenvalue weighted by molar-refractivity contribution is -0.207. The summed E-state index contributed by atoms with van der Waals surface area (Å²) >= 11 is 0. The highest BCUT2D eigenvalue weighted by atomic mass is 16.6. The van der Waals surface area contributed by atoms with Crippen LogP contribution in [0.15, 0.2) is 12.7 Å². The largest absolute Gasteiger partial charge is 0.461 e. The molecule has 3 N–H and O–H groups in total. The van der Waals surface area contributed by atoms with Crippen molar-refractivity contribution < 1.29 is 38.9 Å². The molecule has 3 saturated carbocycles. The van der Waals surface area contributed by atoms with E-state index in [1.807, 2.05) is 20.8 Å². The Morgan fingerprint density at radius 3 is 2.39 bits per heavy atom. The summed E-state index contributed by atoms with van der Waals surface area (Å²) in [6.45, 7) is 21.7. The van der Waals surface area contributed by atoms with Crippen molar-refractivity contribution in [1.82, 2.24) is 15.1 Å². The van der Waals surface area contributed by atoms with E-state index in [1.54, 1.807) is 43.7 Å². The lowest BCUT2D eigenvalue weighted by atomic mass is 9.44. The number of esters is 1. The number of amides is 2. The van der Waals surface area contributed by atoms with Crippen LogP contribution in [0.25, 0.3) is 0 Å². The number of aliphatic hydroxyl groups excluding tert-OH is 2. The second-order valence-electron chi connectivity index (χ2n) is 17.6. The molecule has 3 aliphatic carbocycles. The smallest absolute Gasteiger partial charge is 0.408 e. The Morgan fingerprint density at radius 2 is 1.80 bits per heavy atom. The third kappa shape index (κ3) is 7.45. The highest BCUT2D eigenvalue weighted by Gasteiger charge is 2.68. The molecular weight excluding hydrogens is 626 g/mol. The van der Waals surface area contributed by atoms with Crippen molar-refractivity contribution >= 4 is 23.8 Å². The lowest BCUT2D eigenvalue weighted by Crippen LogP contribution is -2.63. The van der Waals surface area contributed by atoms with Crippen LogP contribution in [0.2, 0.25) is 0 Å². The third-order valence-corrected chi connectivity index (χ3v) is 13.0. The molecule has 0 radical (unpaired) electrons. The number of carbonyl (C=O) groups excluding carboxylic acids is 4. The van der Waals surface area contributed by atoms with Gasteiger partial charge in [0.05, 0.1) is 24.8 Å². The number of rotatable bonds is 8. The Morgan fingerprint density at radius 1 is 1.14 bits per heavy atom. The zero-order valence-corrected chi connectivity index (χ0v) is 31.6. The quantitative estimate of drug-likeness (QED) is 0.250. The van der Waals surface area contributed by atoms with Gasteiger partial charge in [0, 0.05) is 36.3 Å². The number of likely N-dealkylation sites (N-methyl/N-ethyl adjacent to an activating group) is 1. The van der Waals surface area contributed by atoms with Crippen molar-refractivity contribution in [2.45, 2.75) is 137 Å². The lowest BCUT2D eigenvalue weighted by Gasteiger charge is -2.61. The zero-order chi connectivity index (χ0) is 36.9. The molecule has 4 rings (SSSR count). The van der Waals surface area contributed by atoms with Gasteiger partial charge in [0.15, 0.2) is 0 Å². The van der Waals surface area contributed by atoms with Gasteiger partial charge in [-0.15, -0.1) is 6.58 Å². The van der Waals surface area contributed by atoms with Crippen LogP contribution < -0.4 is 5.32 Å². The molecule has 2 amide bonds. The fourth-order valence-electron chi connectivity index (χ4n) is 9.72. The fraction of sp³-hybridized carbons (Fsp3) is 0.842. The van der Waals surface area contributed by atoms with Crippen LogP contribution in [0.1, 0.15) is 101 Å². The summed E-state index contributed by atoms with van der Waals surface area (Å²) in [5.41, 5.74) is -2.44. The Kier molecular flexibility index (Phi) is 11.4. The maximum absolute atomic E-state index is 13.9. The van der Waals surface area contributed by atoms with E-state index in [9.17, 15) is 29.4 Å². The molecule has 7 unspecified atom stereocenters. The number of Topliss-reactive ketones (excluding diaryl/α,β-unsaturated/α-hetero) is 1. The zero-order valence-electron chi connectivity index (χ0n) is 31.6. The second-order valence-corrected chi connectivity index (χ2v) is 17.6. The molecular formula is C38H63N3O8. The number of hydrogen-bond donors (Lipinski definition) is 3. The van der Waals surface area contributed by atoms with Gasteiger partial charge >= 0.3 is 12.1 Å². The Labute approximate surface area is 293 Å². The number of piperidine rings is 1. The van der Waals surface area contributed by atoms with Crippen LogP contribution in [0.5, 0.6) is 0 Å². The van der Waals surface area contributed by atoms with E-state index in [2.05, 4.69) is 32.7 Å². The average Bonchev–Trinajstić information content (AvgIpc) is 3.36. The molecule has 0 spiro atoms. The minimum absolute atomic E-state index is 0.114. The molecule has 1 saturated heterocycles. The van der Waals surface area contributed by atoms with Crippen molar-refractivity contribution in [3.8, 4) is 0 Å². The number of aliphatic hydroxyl groups is 2. The van der Waals surface area contributed by atoms with Crippen LogP contribution in [0, 0.1) is 39.9 Å². The Hall–Kier alpha value is -2.50. The van der Waals surface area contributed by atoms with Crippen LogP contribution in [0.3, 0.4) is 0 Å². The molecule has 0 aromatic rings. The summed E-state index contributed by atoms with van der Waals surface area (Å²) in [6.07, 6.45) is 2.53. The summed E-state index contributed by atoms with van der Waals surface area (Å²) in [5.74, 6) is -1.09. The van der Waals surface area contributed by atoms with E-state index in [1.165, 1.54) is 0 Å². The highest BCUT2D eigenvalue weighted by Crippen LogP contribution is 2.68. The summed E-state index contributed by atoms with van der Waals surface area (Å²) < 4.78 is 11.8. The third-order valence-electron chi connectivity index (χ3n) is 13.0. The highest BCUT2D eigenvalue weighted by molar-refractivity contribution is 5.86. The predicted octanol–water partition coefficient (Wildman–Crippen LogP) is 4.34. The van der Waals surface area contributed by atoms with E-state index < -0.39 is 58.9 Å². The minimum atomic E-state index is -0.818. The first kappa shape index (κ1) is 39.3. The van der Waals surface area contributed by atoms with Crippen molar-refractivity contribution in [3.63, 3.8) is 0 Å². The molecule has 1 heterocycles. The van der Waals surface area contributed by atoms with Gasteiger partial charge in [0.1, 0.15) is 23.5 Å². The van der Waals surface area contributed by atoms with E-state index >= 15 is 0 Å². The Bertz CT molecular complexity index is 1280. The molecule has 4 fully saturated rings. The van der Waals surface area contributed by atoms with E-state index in [-0.39, 0.29) is 53.9 Å². The minimum Gasteiger partial charge on any atom is -0.461 e. The number of nitrogens with zero attached hydrogens (tertiary/aromatic N) is 2. The van der Waals surface area contributed by atoms with Gasteiger partial charge in [-0.05, 0) is 83.1 Å². The van der Waals surface area contributed by atoms with Gasteiger partial charge in [-0.25, -0.2) is 4.79 Å². The first-order valence-electron chi connectivity index (χ1n) is 18.3. The molecule has 4 aliphatic rings. The number of alkyl carbamates (subject to hydrolysis) is 1. The summed E-state index contributed by atoms with van der Waals surface area (Å²) in [5, 5.41) is 25.6. The van der Waals surface area contributed by atoms with Crippen molar-refractivity contribution in [3.05, 3.63) is 12.7 Å². The van der Waals surface area contributed by atoms with Crippen LogP contribution in [-0.4, -0.2) is 106 Å². The monoisotopic (exact) mass is 689 g/mol. The number of nitrogens with one attached hydrogen (secondary N) is 1. The van der Waals surface area contributed by atoms with Gasteiger partial charge in [-0.1, -0.05) is 47.6 Å². The molecule has 0 aromatic carbocycles. The molecule has 278 valence electrons. The SMILES string of the molecule is C=C[C@]1(C)C[C@@H](OC(=O)CN(C)C2CN(C(=O)C(NC(=O)OC(C)(C)C)C(C)C)CCC2O)[C@]2(C)C(C)CCC3(CCC(=O)C32)[C@@H](C)C1O. The maximum Gasteiger partial charge on any atom is 0.408 e. The molecule has 11 atom stereocenters. The standard InChI is InChI=1S/C38H63N3O8/c1-12-36(9)19-28(37(10)23(4)13-16-38(24(5)32(36)45)17-14-27(43)31(37)38)48-29(44)21-40(11)25-20-41(18-15-26(25)42)33(46)30(22(2)3)39-34(47)49-35(6,7)8/h12,22-26,28,30-32,42,45H,1,13-21H2,2-11H3,(H,39,47)/t23?,24-,25?,26?,28+,30?,31?,32?,36+,37-,38?/m0/s1. The van der Waals surface area contributed by atoms with Gasteiger partial charge in [-0.3, -0.25) is 19.3 Å². The topological polar surface area (TPSA) is 146 Å². The molecule has 49 heavy (non-hydrogen) atoms. The summed E-state index contributed by atoms with van der Waals surface area (Å²) in [7, 11) is 1.73. The number of ether oxygens (including phenoxy) is 2. The Balaban J connectivity index is 1.53. The van der Waals surface area contributed by atoms with Gasteiger partial charge in [-0.2, -0.15) is 0 Å². The van der Waals surface area contributed by atoms with Crippen molar-refractivity contribution in [2.24, 2.45) is 39.9 Å². The fourth-order valence-corrected chi connectivity index (χ4v) is 9.72. The van der Waals surface area contributed by atoms with Gasteiger partial charge in [0.25, 0.3) is 0 Å². The van der Waals surface area contributed by atoms with Crippen LogP contribution in [-0.2, 0) is 23.9 Å². The van der Waals surface area contributed by atoms with Crippen LogP contribution >= 0.6 is 0 Å².